The summed E-state index contributed by atoms with van der Waals surface area (Å²) < 4.78 is 55.4. The van der Waals surface area contributed by atoms with Crippen LogP contribution in [0.25, 0.3) is 0 Å². The highest BCUT2D eigenvalue weighted by atomic mass is 35.5. The fourth-order valence-electron chi connectivity index (χ4n) is 7.84. The molecule has 13 heteroatoms. The van der Waals surface area contributed by atoms with Crippen molar-refractivity contribution in [3.8, 4) is 0 Å². The molecule has 4 atom stereocenters. The summed E-state index contributed by atoms with van der Waals surface area (Å²) in [5, 5.41) is 3.98. The molecule has 2 aromatic rings. The van der Waals surface area contributed by atoms with Crippen LogP contribution in [-0.4, -0.2) is 68.9 Å². The Morgan fingerprint density at radius 2 is 1.81 bits per heavy atom. The number of carbonyl (C=O) groups excluding carboxylic acids is 2. The van der Waals surface area contributed by atoms with Crippen molar-refractivity contribution in [3.05, 3.63) is 80.6 Å². The number of amides is 2. The first kappa shape index (κ1) is 33.4. The van der Waals surface area contributed by atoms with E-state index in [1.54, 1.807) is 11.0 Å². The van der Waals surface area contributed by atoms with Gasteiger partial charge in [-0.05, 0) is 92.6 Å². The minimum absolute atomic E-state index is 0.0142. The Morgan fingerprint density at radius 1 is 1.10 bits per heavy atom. The van der Waals surface area contributed by atoms with Crippen LogP contribution < -0.4 is 5.32 Å². The number of halogens is 5. The van der Waals surface area contributed by atoms with Gasteiger partial charge in [-0.2, -0.15) is 13.2 Å². The molecule has 1 N–H and O–H groups in total. The Balaban J connectivity index is 1.27. The second kappa shape index (κ2) is 11.8. The largest absolute Gasteiger partial charge is 0.416 e. The van der Waals surface area contributed by atoms with Gasteiger partial charge >= 0.3 is 6.18 Å². The van der Waals surface area contributed by atoms with E-state index in [0.717, 1.165) is 31.5 Å². The zero-order valence-corrected chi connectivity index (χ0v) is 28.8. The van der Waals surface area contributed by atoms with Gasteiger partial charge in [-0.1, -0.05) is 43.6 Å². The maximum atomic E-state index is 15.0. The van der Waals surface area contributed by atoms with E-state index in [0.29, 0.717) is 52.8 Å². The van der Waals surface area contributed by atoms with Gasteiger partial charge in [0.25, 0.3) is 5.91 Å². The maximum Gasteiger partial charge on any atom is 0.416 e. The number of fused-ring (bicyclic) bond motifs is 1. The number of hydrogen-bond acceptors (Lipinski definition) is 6. The minimum Gasteiger partial charge on any atom is -0.338 e. The van der Waals surface area contributed by atoms with Crippen LogP contribution in [0.4, 0.5) is 17.6 Å². The molecule has 256 valence electrons. The fourth-order valence-corrected chi connectivity index (χ4v) is 9.31. The molecule has 4 aliphatic heterocycles. The van der Waals surface area contributed by atoms with Gasteiger partial charge in [0, 0.05) is 36.9 Å². The zero-order chi connectivity index (χ0) is 34.3. The van der Waals surface area contributed by atoms with Crippen molar-refractivity contribution in [2.45, 2.75) is 88.8 Å². The standard InChI is InChI=1S/C35H38ClF4N5O2S/c1-19(2)27-28(31(47)44-20(3)5-12-26(44)30(46)43-16-15-41-34(18-43)13-14-34)48-32-42-33(4,22-7-9-23(10-8-22)35(38,39)40)29(45(27)32)21-6-11-24(36)25(37)17-21/h6-11,17,19-20,26,29,41H,5,12-16,18H2,1-4H3/t20-,26+,29-,33+/m1/s1. The summed E-state index contributed by atoms with van der Waals surface area (Å²) in [5.41, 5.74) is -0.192. The van der Waals surface area contributed by atoms with Crippen molar-refractivity contribution in [2.24, 2.45) is 10.9 Å². The van der Waals surface area contributed by atoms with Crippen molar-refractivity contribution < 1.29 is 27.2 Å². The van der Waals surface area contributed by atoms with E-state index in [1.807, 2.05) is 37.5 Å². The minimum atomic E-state index is -4.51. The van der Waals surface area contributed by atoms with Crippen LogP contribution >= 0.6 is 23.4 Å². The second-order valence-electron chi connectivity index (χ2n) is 14.2. The predicted octanol–water partition coefficient (Wildman–Crippen LogP) is 7.08. The van der Waals surface area contributed by atoms with Crippen LogP contribution in [0.1, 0.15) is 76.1 Å². The number of allylic oxidation sites excluding steroid dienone is 1. The Hall–Kier alpha value is -3.09. The molecule has 1 spiro atoms. The van der Waals surface area contributed by atoms with E-state index in [2.05, 4.69) is 5.32 Å². The highest BCUT2D eigenvalue weighted by Crippen LogP contribution is 2.57. The first-order chi connectivity index (χ1) is 22.6. The number of piperazine rings is 1. The summed E-state index contributed by atoms with van der Waals surface area (Å²) in [6, 6.07) is 7.93. The van der Waals surface area contributed by atoms with Crippen LogP contribution in [0.2, 0.25) is 5.02 Å². The van der Waals surface area contributed by atoms with Crippen molar-refractivity contribution >= 4 is 40.3 Å². The van der Waals surface area contributed by atoms with Crippen LogP contribution in [0.3, 0.4) is 0 Å². The molecular formula is C35H38ClF4N5O2S. The van der Waals surface area contributed by atoms with Gasteiger partial charge in [0.2, 0.25) is 5.91 Å². The number of thioether (sulfide) groups is 1. The fraction of sp³-hybridized carbons (Fsp3) is 0.514. The highest BCUT2D eigenvalue weighted by Gasteiger charge is 2.55. The van der Waals surface area contributed by atoms with E-state index in [4.69, 9.17) is 16.6 Å². The van der Waals surface area contributed by atoms with Gasteiger partial charge in [-0.15, -0.1) is 0 Å². The van der Waals surface area contributed by atoms with Gasteiger partial charge in [0.15, 0.2) is 5.17 Å². The first-order valence-electron chi connectivity index (χ1n) is 16.4. The summed E-state index contributed by atoms with van der Waals surface area (Å²) in [6.45, 7) is 9.71. The molecule has 0 radical (unpaired) electrons. The maximum absolute atomic E-state index is 15.0. The molecule has 4 heterocycles. The lowest BCUT2D eigenvalue weighted by Gasteiger charge is -2.38. The third-order valence-electron chi connectivity index (χ3n) is 10.5. The van der Waals surface area contributed by atoms with E-state index < -0.39 is 35.2 Å². The number of carbonyl (C=O) groups is 2. The molecule has 7 nitrogen and oxygen atoms in total. The predicted molar refractivity (Wildman–Crippen MR) is 178 cm³/mol. The lowest BCUT2D eigenvalue weighted by molar-refractivity contribution is -0.144. The number of likely N-dealkylation sites (tertiary alicyclic amines) is 1. The quantitative estimate of drug-likeness (QED) is 0.337. The number of nitrogens with one attached hydrogen (secondary N) is 1. The molecule has 2 saturated heterocycles. The van der Waals surface area contributed by atoms with Crippen LogP contribution in [-0.2, 0) is 21.3 Å². The summed E-state index contributed by atoms with van der Waals surface area (Å²) in [6.07, 6.45) is -1.12. The zero-order valence-electron chi connectivity index (χ0n) is 27.2. The van der Waals surface area contributed by atoms with Gasteiger partial charge in [-0.3, -0.25) is 9.59 Å². The first-order valence-corrected chi connectivity index (χ1v) is 17.6. The molecule has 0 bridgehead atoms. The second-order valence-corrected chi connectivity index (χ2v) is 15.5. The number of alkyl halides is 3. The molecule has 0 unspecified atom stereocenters. The van der Waals surface area contributed by atoms with Crippen molar-refractivity contribution in [2.75, 3.05) is 19.6 Å². The molecule has 1 saturated carbocycles. The smallest absolute Gasteiger partial charge is 0.338 e. The molecule has 1 aliphatic carbocycles. The van der Waals surface area contributed by atoms with E-state index >= 15 is 4.39 Å². The van der Waals surface area contributed by atoms with E-state index in [1.165, 1.54) is 36.0 Å². The van der Waals surface area contributed by atoms with Crippen LogP contribution in [0.5, 0.6) is 0 Å². The summed E-state index contributed by atoms with van der Waals surface area (Å²) >= 11 is 7.28. The normalized spacial score (nSPS) is 28.1. The van der Waals surface area contributed by atoms with Gasteiger partial charge in [-0.25, -0.2) is 9.38 Å². The number of hydrogen-bond donors (Lipinski definition) is 1. The molecule has 2 aromatic carbocycles. The number of amidine groups is 1. The topological polar surface area (TPSA) is 68.2 Å². The van der Waals surface area contributed by atoms with Gasteiger partial charge < -0.3 is 20.0 Å². The average molecular weight is 704 g/mol. The molecule has 2 amide bonds. The van der Waals surface area contributed by atoms with Crippen molar-refractivity contribution in [1.82, 2.24) is 20.0 Å². The molecule has 7 rings (SSSR count). The number of nitrogens with zero attached hydrogens (tertiary/aromatic N) is 4. The lowest BCUT2D eigenvalue weighted by atomic mass is 9.80. The Bertz CT molecular complexity index is 1730. The average Bonchev–Trinajstić information content (AvgIpc) is 3.36. The van der Waals surface area contributed by atoms with E-state index in [9.17, 15) is 22.8 Å². The lowest BCUT2D eigenvalue weighted by Crippen LogP contribution is -2.58. The number of benzene rings is 2. The van der Waals surface area contributed by atoms with Crippen molar-refractivity contribution in [3.63, 3.8) is 0 Å². The summed E-state index contributed by atoms with van der Waals surface area (Å²) in [4.78, 5) is 39.7. The molecule has 0 aromatic heterocycles. The Kier molecular flexibility index (Phi) is 8.19. The van der Waals surface area contributed by atoms with Gasteiger partial charge in [0.05, 0.1) is 16.6 Å². The molecular weight excluding hydrogens is 666 g/mol. The molecule has 48 heavy (non-hydrogen) atoms. The monoisotopic (exact) mass is 703 g/mol. The van der Waals surface area contributed by atoms with E-state index in [-0.39, 0.29) is 34.3 Å². The Labute approximate surface area is 286 Å². The third-order valence-corrected chi connectivity index (χ3v) is 11.9. The molecule has 3 fully saturated rings. The number of aliphatic imine (C=N–C) groups is 1. The Morgan fingerprint density at radius 3 is 2.44 bits per heavy atom. The third kappa shape index (κ3) is 5.51. The SMILES string of the molecule is CC(C)C1=C(C(=O)N2[C@H](C)CC[C@H]2C(=O)N2CCNC3(CC3)C2)SC2=N[C@@](C)(c3ccc(C(F)(F)F)cc3)[C@@H](c3ccc(Cl)c(F)c3)N21. The summed E-state index contributed by atoms with van der Waals surface area (Å²) in [5.74, 6) is -1.08. The highest BCUT2D eigenvalue weighted by molar-refractivity contribution is 8.18. The van der Waals surface area contributed by atoms with Gasteiger partial charge in [0.1, 0.15) is 22.3 Å². The van der Waals surface area contributed by atoms with Crippen molar-refractivity contribution in [1.29, 1.82) is 0 Å². The summed E-state index contributed by atoms with van der Waals surface area (Å²) in [7, 11) is 0. The van der Waals surface area contributed by atoms with Crippen LogP contribution in [0.15, 0.2) is 58.1 Å². The van der Waals surface area contributed by atoms with Crippen LogP contribution in [0, 0.1) is 11.7 Å². The molecule has 5 aliphatic rings. The number of rotatable bonds is 5.